The lowest BCUT2D eigenvalue weighted by molar-refractivity contribution is -0.118. The maximum atomic E-state index is 14.3. The third kappa shape index (κ3) is 5.90. The van der Waals surface area contributed by atoms with Gasteiger partial charge in [-0.05, 0) is 58.5 Å². The zero-order valence-electron chi connectivity index (χ0n) is 19.7. The van der Waals surface area contributed by atoms with Crippen LogP contribution in [0.5, 0.6) is 0 Å². The Bertz CT molecular complexity index is 1030. The molecule has 3 rings (SSSR count). The van der Waals surface area contributed by atoms with Gasteiger partial charge in [0.05, 0.1) is 16.9 Å². The summed E-state index contributed by atoms with van der Waals surface area (Å²) in [6.45, 7) is 7.57. The second-order valence-electron chi connectivity index (χ2n) is 8.45. The number of rotatable bonds is 2. The number of amides is 2. The van der Waals surface area contributed by atoms with Crippen molar-refractivity contribution in [1.29, 1.82) is 0 Å². The van der Waals surface area contributed by atoms with Crippen LogP contribution in [0.4, 0.5) is 14.5 Å². The van der Waals surface area contributed by atoms with Gasteiger partial charge in [0.15, 0.2) is 11.6 Å². The monoisotopic (exact) mass is 459 g/mol. The van der Waals surface area contributed by atoms with Crippen LogP contribution in [-0.4, -0.2) is 64.8 Å². The summed E-state index contributed by atoms with van der Waals surface area (Å²) >= 11 is 0. The molecular weight excluding hydrogens is 428 g/mol. The fourth-order valence-corrected chi connectivity index (χ4v) is 4.09. The fourth-order valence-electron chi connectivity index (χ4n) is 4.09. The summed E-state index contributed by atoms with van der Waals surface area (Å²) in [6, 6.07) is 2.16. The highest BCUT2D eigenvalue weighted by atomic mass is 19.2. The molecule has 2 aromatic rings. The zero-order valence-corrected chi connectivity index (χ0v) is 19.7. The smallest absolute Gasteiger partial charge is 0.257 e. The molecule has 0 saturated heterocycles. The summed E-state index contributed by atoms with van der Waals surface area (Å²) in [5, 5.41) is 0. The summed E-state index contributed by atoms with van der Waals surface area (Å²) in [5.74, 6) is -1.92. The molecule has 9 heteroatoms. The molecule has 0 radical (unpaired) electrons. The molecule has 2 amide bonds. The number of benzene rings is 1. The molecule has 2 heterocycles. The van der Waals surface area contributed by atoms with E-state index < -0.39 is 11.6 Å². The molecule has 1 aliphatic rings. The number of aryl methyl sites for hydroxylation is 2. The molecule has 0 fully saturated rings. The van der Waals surface area contributed by atoms with Crippen LogP contribution in [0.15, 0.2) is 18.3 Å². The predicted molar refractivity (Wildman–Crippen MR) is 122 cm³/mol. The number of aromatic nitrogens is 2. The first-order chi connectivity index (χ1) is 15.7. The zero-order chi connectivity index (χ0) is 24.1. The van der Waals surface area contributed by atoms with Crippen LogP contribution in [-0.2, 0) is 11.3 Å². The minimum atomic E-state index is -1.02. The van der Waals surface area contributed by atoms with Crippen LogP contribution >= 0.6 is 0 Å². The molecule has 178 valence electrons. The van der Waals surface area contributed by atoms with Crippen molar-refractivity contribution in [2.24, 2.45) is 0 Å². The van der Waals surface area contributed by atoms with Gasteiger partial charge in [-0.2, -0.15) is 0 Å². The predicted octanol–water partition coefficient (Wildman–Crippen LogP) is 3.48. The van der Waals surface area contributed by atoms with E-state index in [1.54, 1.807) is 25.7 Å². The number of carbonyl (C=O) groups excluding carboxylic acids is 2. The summed E-state index contributed by atoms with van der Waals surface area (Å²) in [7, 11) is 1.99. The highest BCUT2D eigenvalue weighted by Gasteiger charge is 2.25. The van der Waals surface area contributed by atoms with E-state index in [4.69, 9.17) is 0 Å². The minimum Gasteiger partial charge on any atom is -0.334 e. The van der Waals surface area contributed by atoms with Gasteiger partial charge in [-0.25, -0.2) is 18.7 Å². The van der Waals surface area contributed by atoms with Gasteiger partial charge in [0.2, 0.25) is 5.91 Å². The SMILES string of the molecule is CCC(=O)N1CCCN(C)CCCN(C(=O)c2cnc(C)nc2C)Cc2cc(F)c(F)cc21. The lowest BCUT2D eigenvalue weighted by atomic mass is 10.1. The van der Waals surface area contributed by atoms with Crippen molar-refractivity contribution in [3.05, 3.63) is 52.6 Å². The van der Waals surface area contributed by atoms with E-state index in [-0.39, 0.29) is 24.8 Å². The molecule has 0 aliphatic carbocycles. The first-order valence-electron chi connectivity index (χ1n) is 11.3. The Balaban J connectivity index is 2.07. The van der Waals surface area contributed by atoms with Gasteiger partial charge in [-0.3, -0.25) is 9.59 Å². The second kappa shape index (κ2) is 10.8. The van der Waals surface area contributed by atoms with Crippen molar-refractivity contribution in [1.82, 2.24) is 19.8 Å². The number of halogens is 2. The van der Waals surface area contributed by atoms with Crippen molar-refractivity contribution in [3.63, 3.8) is 0 Å². The van der Waals surface area contributed by atoms with Crippen molar-refractivity contribution in [2.75, 3.05) is 38.1 Å². The topological polar surface area (TPSA) is 69.6 Å². The first-order valence-corrected chi connectivity index (χ1v) is 11.3. The van der Waals surface area contributed by atoms with Crippen LogP contribution < -0.4 is 4.90 Å². The largest absolute Gasteiger partial charge is 0.334 e. The van der Waals surface area contributed by atoms with Crippen LogP contribution in [0.3, 0.4) is 0 Å². The summed E-state index contributed by atoms with van der Waals surface area (Å²) in [5.41, 5.74) is 1.62. The maximum absolute atomic E-state index is 14.3. The molecule has 0 unspecified atom stereocenters. The first kappa shape index (κ1) is 24.7. The average Bonchev–Trinajstić information content (AvgIpc) is 2.77. The molecule has 0 spiro atoms. The number of nitrogens with zero attached hydrogens (tertiary/aromatic N) is 5. The van der Waals surface area contributed by atoms with Gasteiger partial charge in [0.1, 0.15) is 5.82 Å². The number of carbonyl (C=O) groups is 2. The Morgan fingerprint density at radius 3 is 2.36 bits per heavy atom. The lowest BCUT2D eigenvalue weighted by Gasteiger charge is -2.31. The van der Waals surface area contributed by atoms with Crippen molar-refractivity contribution >= 4 is 17.5 Å². The second-order valence-corrected chi connectivity index (χ2v) is 8.45. The average molecular weight is 460 g/mol. The van der Waals surface area contributed by atoms with Crippen LogP contribution in [0.25, 0.3) is 0 Å². The van der Waals surface area contributed by atoms with Gasteiger partial charge in [0, 0.05) is 38.3 Å². The van der Waals surface area contributed by atoms with Crippen molar-refractivity contribution in [3.8, 4) is 0 Å². The molecule has 33 heavy (non-hydrogen) atoms. The Hall–Kier alpha value is -2.94. The molecule has 1 aromatic carbocycles. The third-order valence-corrected chi connectivity index (χ3v) is 5.88. The molecule has 0 N–H and O–H groups in total. The van der Waals surface area contributed by atoms with Crippen LogP contribution in [0, 0.1) is 25.5 Å². The molecule has 0 atom stereocenters. The van der Waals surface area contributed by atoms with Gasteiger partial charge < -0.3 is 14.7 Å². The van der Waals surface area contributed by atoms with Gasteiger partial charge in [0.25, 0.3) is 5.91 Å². The molecule has 0 bridgehead atoms. The van der Waals surface area contributed by atoms with E-state index >= 15 is 0 Å². The number of fused-ring (bicyclic) bond motifs is 1. The standard InChI is InChI=1S/C24H31F2N5O2/c1-5-23(32)31-11-7-9-29(4)8-6-10-30(15-18-12-20(25)21(26)13-22(18)31)24(33)19-14-27-17(3)28-16(19)2/h12-14H,5-11,15H2,1-4H3. The van der Waals surface area contributed by atoms with Gasteiger partial charge in [-0.1, -0.05) is 6.92 Å². The van der Waals surface area contributed by atoms with Crippen molar-refractivity contribution in [2.45, 2.75) is 46.6 Å². The van der Waals surface area contributed by atoms with E-state index in [0.717, 1.165) is 25.2 Å². The van der Waals surface area contributed by atoms with Crippen LogP contribution in [0.1, 0.15) is 53.6 Å². The highest BCUT2D eigenvalue weighted by Crippen LogP contribution is 2.28. The fraction of sp³-hybridized carbons (Fsp3) is 0.500. The van der Waals surface area contributed by atoms with E-state index in [1.165, 1.54) is 11.1 Å². The Kier molecular flexibility index (Phi) is 8.07. The van der Waals surface area contributed by atoms with E-state index in [9.17, 15) is 18.4 Å². The normalized spacial score (nSPS) is 16.1. The maximum Gasteiger partial charge on any atom is 0.257 e. The minimum absolute atomic E-state index is 0.0376. The van der Waals surface area contributed by atoms with Gasteiger partial charge >= 0.3 is 0 Å². The quantitative estimate of drug-likeness (QED) is 0.688. The molecule has 1 aliphatic heterocycles. The van der Waals surface area contributed by atoms with Gasteiger partial charge in [-0.15, -0.1) is 0 Å². The molecular formula is C24H31F2N5O2. The van der Waals surface area contributed by atoms with E-state index in [0.29, 0.717) is 54.3 Å². The number of anilines is 1. The molecule has 7 nitrogen and oxygen atoms in total. The Labute approximate surface area is 193 Å². The Morgan fingerprint density at radius 2 is 1.70 bits per heavy atom. The van der Waals surface area contributed by atoms with E-state index in [1.807, 2.05) is 7.05 Å². The van der Waals surface area contributed by atoms with E-state index in [2.05, 4.69) is 14.9 Å². The lowest BCUT2D eigenvalue weighted by Crippen LogP contribution is -2.38. The summed E-state index contributed by atoms with van der Waals surface area (Å²) in [6.07, 6.45) is 3.14. The van der Waals surface area contributed by atoms with Crippen LogP contribution in [0.2, 0.25) is 0 Å². The molecule has 1 aromatic heterocycles. The Morgan fingerprint density at radius 1 is 1.03 bits per heavy atom. The summed E-state index contributed by atoms with van der Waals surface area (Å²) in [4.78, 5) is 39.9. The number of hydrogen-bond acceptors (Lipinski definition) is 5. The highest BCUT2D eigenvalue weighted by molar-refractivity contribution is 5.96. The third-order valence-electron chi connectivity index (χ3n) is 5.88. The molecule has 0 saturated carbocycles. The number of hydrogen-bond donors (Lipinski definition) is 0. The van der Waals surface area contributed by atoms with Crippen molar-refractivity contribution < 1.29 is 18.4 Å². The summed E-state index contributed by atoms with van der Waals surface area (Å²) < 4.78 is 28.5.